The number of nitrogens with zero attached hydrogens (tertiary/aromatic N) is 2. The number of ether oxygens (including phenoxy) is 1. The summed E-state index contributed by atoms with van der Waals surface area (Å²) in [6.45, 7) is 0.714. The number of nitrogens with one attached hydrogen (secondary N) is 1. The van der Waals surface area contributed by atoms with Crippen LogP contribution < -0.4 is 9.86 Å². The molecule has 0 unspecified atom stereocenters. The molecule has 114 valence electrons. The Labute approximate surface area is 117 Å². The Morgan fingerprint density at radius 1 is 1.35 bits per heavy atom. The molecule has 0 spiro atoms. The first-order valence-electron chi connectivity index (χ1n) is 5.86. The van der Waals surface area contributed by atoms with Crippen LogP contribution in [0.4, 0.5) is 5.82 Å². The highest BCUT2D eigenvalue weighted by atomic mass is 32.2. The number of hydrogen-bond donors (Lipinski definition) is 2. The molecule has 2 rings (SSSR count). The Morgan fingerprint density at radius 3 is 2.50 bits per heavy atom. The van der Waals surface area contributed by atoms with Crippen LogP contribution in [0.2, 0.25) is 0 Å². The molecule has 1 aromatic rings. The lowest BCUT2D eigenvalue weighted by molar-refractivity contribution is 0.0984. The van der Waals surface area contributed by atoms with Crippen molar-refractivity contribution in [1.82, 2.24) is 9.78 Å². The summed E-state index contributed by atoms with van der Waals surface area (Å²) >= 11 is 0. The van der Waals surface area contributed by atoms with Gasteiger partial charge >= 0.3 is 0 Å². The van der Waals surface area contributed by atoms with Crippen LogP contribution in [0.15, 0.2) is 11.1 Å². The van der Waals surface area contributed by atoms with Crippen molar-refractivity contribution in [2.75, 3.05) is 17.9 Å². The number of aromatic nitrogens is 2. The molecule has 0 bridgehead atoms. The number of aryl methyl sites for hydroxylation is 1. The third kappa shape index (κ3) is 3.29. The minimum atomic E-state index is -4.05. The summed E-state index contributed by atoms with van der Waals surface area (Å²) in [6, 6.07) is 0. The molecule has 3 N–H and O–H groups in total. The maximum atomic E-state index is 12.2. The van der Waals surface area contributed by atoms with E-state index in [1.54, 1.807) is 0 Å². The van der Waals surface area contributed by atoms with Gasteiger partial charge in [-0.2, -0.15) is 5.10 Å². The van der Waals surface area contributed by atoms with Crippen LogP contribution >= 0.6 is 0 Å². The Morgan fingerprint density at radius 2 is 1.95 bits per heavy atom. The van der Waals surface area contributed by atoms with E-state index in [4.69, 9.17) is 9.88 Å². The molecule has 0 radical (unpaired) electrons. The summed E-state index contributed by atoms with van der Waals surface area (Å²) in [6.07, 6.45) is 1.86. The predicted molar refractivity (Wildman–Crippen MR) is 71.0 cm³/mol. The van der Waals surface area contributed by atoms with Crippen molar-refractivity contribution in [3.05, 3.63) is 6.20 Å². The highest BCUT2D eigenvalue weighted by Crippen LogP contribution is 2.22. The molecule has 0 aliphatic carbocycles. The average molecular weight is 324 g/mol. The molecule has 0 amide bonds. The molecular weight excluding hydrogens is 308 g/mol. The molecule has 1 aromatic heterocycles. The molecule has 11 heteroatoms. The van der Waals surface area contributed by atoms with Gasteiger partial charge in [0, 0.05) is 26.5 Å². The monoisotopic (exact) mass is 324 g/mol. The van der Waals surface area contributed by atoms with Gasteiger partial charge in [0.1, 0.15) is 4.90 Å². The van der Waals surface area contributed by atoms with Gasteiger partial charge in [-0.25, -0.2) is 22.0 Å². The van der Waals surface area contributed by atoms with E-state index in [1.165, 1.54) is 11.7 Å². The summed E-state index contributed by atoms with van der Waals surface area (Å²) in [5.41, 5.74) is 0. The van der Waals surface area contributed by atoms with Gasteiger partial charge in [0.25, 0.3) is 0 Å². The van der Waals surface area contributed by atoms with Crippen LogP contribution in [0.1, 0.15) is 12.8 Å². The zero-order valence-corrected chi connectivity index (χ0v) is 12.4. The Hall–Kier alpha value is -1.17. The Bertz CT molecular complexity index is 688. The van der Waals surface area contributed by atoms with Gasteiger partial charge in [0.15, 0.2) is 5.82 Å². The van der Waals surface area contributed by atoms with Crippen molar-refractivity contribution in [3.8, 4) is 0 Å². The SMILES string of the molecule is Cn1cc(S(N)(=O)=O)c(NS(=O)(=O)C2CCOCC2)n1. The normalized spacial score (nSPS) is 18.1. The summed E-state index contributed by atoms with van der Waals surface area (Å²) in [7, 11) is -6.31. The van der Waals surface area contributed by atoms with Crippen LogP contribution in [0, 0.1) is 0 Å². The highest BCUT2D eigenvalue weighted by Gasteiger charge is 2.30. The second-order valence-electron chi connectivity index (χ2n) is 4.52. The van der Waals surface area contributed by atoms with Crippen molar-refractivity contribution >= 4 is 25.9 Å². The second kappa shape index (κ2) is 5.31. The first-order chi connectivity index (χ1) is 9.20. The van der Waals surface area contributed by atoms with E-state index in [0.717, 1.165) is 6.20 Å². The van der Waals surface area contributed by atoms with Gasteiger partial charge in [-0.15, -0.1) is 0 Å². The lowest BCUT2D eigenvalue weighted by Gasteiger charge is -2.22. The van der Waals surface area contributed by atoms with E-state index in [2.05, 4.69) is 9.82 Å². The van der Waals surface area contributed by atoms with E-state index in [9.17, 15) is 16.8 Å². The topological polar surface area (TPSA) is 133 Å². The van der Waals surface area contributed by atoms with Gasteiger partial charge in [0.05, 0.1) is 5.25 Å². The van der Waals surface area contributed by atoms with E-state index in [0.29, 0.717) is 26.1 Å². The summed E-state index contributed by atoms with van der Waals surface area (Å²) in [4.78, 5) is -0.351. The molecule has 20 heavy (non-hydrogen) atoms. The van der Waals surface area contributed by atoms with Crippen LogP contribution in [-0.2, 0) is 31.8 Å². The summed E-state index contributed by atoms with van der Waals surface area (Å²) in [5, 5.41) is 8.19. The third-order valence-electron chi connectivity index (χ3n) is 2.95. The quantitative estimate of drug-likeness (QED) is 0.729. The fraction of sp³-hybridized carbons (Fsp3) is 0.667. The molecule has 1 fully saturated rings. The van der Waals surface area contributed by atoms with Crippen molar-refractivity contribution in [2.24, 2.45) is 12.2 Å². The van der Waals surface area contributed by atoms with Gasteiger partial charge < -0.3 is 4.74 Å². The number of primary sulfonamides is 1. The third-order valence-corrected chi connectivity index (χ3v) is 5.69. The number of hydrogen-bond acceptors (Lipinski definition) is 6. The summed E-state index contributed by atoms with van der Waals surface area (Å²) in [5.74, 6) is -0.276. The molecule has 0 saturated carbocycles. The standard InChI is InChI=1S/C9H16N4O5S2/c1-13-6-8(19(10,14)15)9(11-13)12-20(16,17)7-2-4-18-5-3-7/h6-7H,2-5H2,1H3,(H,11,12)(H2,10,14,15). The molecule has 0 aromatic carbocycles. The van der Waals surface area contributed by atoms with Crippen LogP contribution in [0.5, 0.6) is 0 Å². The van der Waals surface area contributed by atoms with Gasteiger partial charge in [-0.05, 0) is 12.8 Å². The molecule has 2 heterocycles. The molecule has 1 aliphatic rings. The maximum absolute atomic E-state index is 12.2. The summed E-state index contributed by atoms with van der Waals surface area (Å²) < 4.78 is 55.7. The Kier molecular flexibility index (Phi) is 4.04. The minimum absolute atomic E-state index is 0.276. The smallest absolute Gasteiger partial charge is 0.243 e. The van der Waals surface area contributed by atoms with Crippen molar-refractivity contribution in [3.63, 3.8) is 0 Å². The Balaban J connectivity index is 2.30. The second-order valence-corrected chi connectivity index (χ2v) is 8.01. The van der Waals surface area contributed by atoms with E-state index >= 15 is 0 Å². The first kappa shape index (κ1) is 15.2. The van der Waals surface area contributed by atoms with Gasteiger partial charge in [0.2, 0.25) is 20.0 Å². The van der Waals surface area contributed by atoms with Gasteiger partial charge in [-0.3, -0.25) is 9.40 Å². The molecule has 0 atom stereocenters. The lowest BCUT2D eigenvalue weighted by Crippen LogP contribution is -2.33. The van der Waals surface area contributed by atoms with Crippen LogP contribution in [0.25, 0.3) is 0 Å². The van der Waals surface area contributed by atoms with Crippen molar-refractivity contribution in [2.45, 2.75) is 23.0 Å². The molecular formula is C9H16N4O5S2. The lowest BCUT2D eigenvalue weighted by atomic mass is 10.2. The number of sulfonamides is 2. The van der Waals surface area contributed by atoms with Crippen LogP contribution in [0.3, 0.4) is 0 Å². The van der Waals surface area contributed by atoms with Crippen molar-refractivity contribution in [1.29, 1.82) is 0 Å². The van der Waals surface area contributed by atoms with Crippen LogP contribution in [-0.4, -0.2) is 45.1 Å². The van der Waals surface area contributed by atoms with E-state index in [1.807, 2.05) is 0 Å². The van der Waals surface area contributed by atoms with Gasteiger partial charge in [-0.1, -0.05) is 0 Å². The van der Waals surface area contributed by atoms with E-state index < -0.39 is 25.3 Å². The zero-order valence-electron chi connectivity index (χ0n) is 10.8. The highest BCUT2D eigenvalue weighted by molar-refractivity contribution is 7.93. The predicted octanol–water partition coefficient (Wildman–Crippen LogP) is -1.01. The fourth-order valence-electron chi connectivity index (χ4n) is 1.95. The molecule has 9 nitrogen and oxygen atoms in total. The molecule has 1 aliphatic heterocycles. The number of rotatable bonds is 4. The van der Waals surface area contributed by atoms with Crippen molar-refractivity contribution < 1.29 is 21.6 Å². The first-order valence-corrected chi connectivity index (χ1v) is 8.95. The number of anilines is 1. The molecule has 1 saturated heterocycles. The number of nitrogens with two attached hydrogens (primary N) is 1. The zero-order chi connectivity index (χ0) is 15.0. The van der Waals surface area contributed by atoms with E-state index in [-0.39, 0.29) is 10.7 Å². The maximum Gasteiger partial charge on any atom is 0.243 e. The average Bonchev–Trinajstić information content (AvgIpc) is 2.70. The minimum Gasteiger partial charge on any atom is -0.381 e. The fourth-order valence-corrected chi connectivity index (χ4v) is 4.08. The largest absolute Gasteiger partial charge is 0.381 e.